The monoisotopic (exact) mass is 420 g/mol. The van der Waals surface area contributed by atoms with Crippen molar-refractivity contribution >= 4 is 27.5 Å². The summed E-state index contributed by atoms with van der Waals surface area (Å²) >= 11 is 3.10. The molecule has 0 fully saturated rings. The van der Waals surface area contributed by atoms with Crippen LogP contribution in [-0.4, -0.2) is 17.5 Å². The maximum Gasteiger partial charge on any atom is 0.421 e. The van der Waals surface area contributed by atoms with Crippen LogP contribution >= 0.6 is 15.9 Å². The number of alkyl halides is 3. The molecule has 0 aliphatic carbocycles. The molecule has 1 aromatic heterocycles. The van der Waals surface area contributed by atoms with Crippen molar-refractivity contribution in [1.29, 1.82) is 0 Å². The summed E-state index contributed by atoms with van der Waals surface area (Å²) in [5.74, 6) is -1.82. The zero-order chi connectivity index (χ0) is 18.6. The highest BCUT2D eigenvalue weighted by Crippen LogP contribution is 2.36. The summed E-state index contributed by atoms with van der Waals surface area (Å²) < 4.78 is 58.2. The third-order valence-corrected chi connectivity index (χ3v) is 3.58. The second kappa shape index (κ2) is 7.81. The largest absolute Gasteiger partial charge is 0.478 e. The first-order chi connectivity index (χ1) is 11.7. The van der Waals surface area contributed by atoms with Crippen LogP contribution < -0.4 is 10.1 Å². The molecule has 9 heteroatoms. The summed E-state index contributed by atoms with van der Waals surface area (Å²) in [6, 6.07) is 4.90. The Bertz CT molecular complexity index is 781. The number of hydrogen-bond acceptors (Lipinski definition) is 3. The molecule has 1 aromatic carbocycles. The van der Waals surface area contributed by atoms with E-state index in [0.717, 1.165) is 12.3 Å². The number of hydrogen-bond donors (Lipinski definition) is 1. The number of amides is 1. The van der Waals surface area contributed by atoms with Crippen molar-refractivity contribution in [1.82, 2.24) is 4.98 Å². The second-order valence-corrected chi connectivity index (χ2v) is 5.88. The number of pyridine rings is 1. The van der Waals surface area contributed by atoms with Crippen molar-refractivity contribution in [3.63, 3.8) is 0 Å². The SMILES string of the molecule is CCOc1ncc(NC(=O)Cc2ccc(Br)cc2F)cc1C(F)(F)F. The molecule has 0 bridgehead atoms. The molecule has 134 valence electrons. The lowest BCUT2D eigenvalue weighted by Crippen LogP contribution is -2.17. The van der Waals surface area contributed by atoms with Gasteiger partial charge in [0, 0.05) is 4.47 Å². The molecule has 4 nitrogen and oxygen atoms in total. The predicted molar refractivity (Wildman–Crippen MR) is 86.8 cm³/mol. The van der Waals surface area contributed by atoms with Crippen LogP contribution in [0.15, 0.2) is 34.9 Å². The average Bonchev–Trinajstić information content (AvgIpc) is 2.51. The quantitative estimate of drug-likeness (QED) is 0.720. The molecular weight excluding hydrogens is 408 g/mol. The normalized spacial score (nSPS) is 11.3. The number of rotatable bonds is 5. The van der Waals surface area contributed by atoms with E-state index in [-0.39, 0.29) is 24.3 Å². The van der Waals surface area contributed by atoms with Gasteiger partial charge in [0.2, 0.25) is 11.8 Å². The van der Waals surface area contributed by atoms with E-state index >= 15 is 0 Å². The van der Waals surface area contributed by atoms with Crippen LogP contribution in [-0.2, 0) is 17.4 Å². The van der Waals surface area contributed by atoms with Crippen molar-refractivity contribution < 1.29 is 27.1 Å². The minimum atomic E-state index is -4.68. The zero-order valence-electron chi connectivity index (χ0n) is 13.0. The topological polar surface area (TPSA) is 51.2 Å². The van der Waals surface area contributed by atoms with Gasteiger partial charge in [-0.05, 0) is 30.7 Å². The lowest BCUT2D eigenvalue weighted by atomic mass is 10.1. The highest BCUT2D eigenvalue weighted by Gasteiger charge is 2.35. The van der Waals surface area contributed by atoms with Crippen molar-refractivity contribution in [3.8, 4) is 5.88 Å². The smallest absolute Gasteiger partial charge is 0.421 e. The minimum absolute atomic E-state index is 0.0185. The van der Waals surface area contributed by atoms with Gasteiger partial charge in [-0.3, -0.25) is 4.79 Å². The zero-order valence-corrected chi connectivity index (χ0v) is 14.5. The van der Waals surface area contributed by atoms with Crippen molar-refractivity contribution in [3.05, 3.63) is 51.9 Å². The highest BCUT2D eigenvalue weighted by molar-refractivity contribution is 9.10. The number of halogens is 5. The summed E-state index contributed by atoms with van der Waals surface area (Å²) in [5.41, 5.74) is -1.13. The van der Waals surface area contributed by atoms with Crippen LogP contribution in [0.1, 0.15) is 18.1 Å². The minimum Gasteiger partial charge on any atom is -0.478 e. The molecular formula is C16H13BrF4N2O2. The molecule has 0 aliphatic rings. The molecule has 1 amide bonds. The molecule has 0 radical (unpaired) electrons. The van der Waals surface area contributed by atoms with Gasteiger partial charge >= 0.3 is 6.18 Å². The number of ether oxygens (including phenoxy) is 1. The molecule has 2 aromatic rings. The first kappa shape index (κ1) is 19.2. The molecule has 25 heavy (non-hydrogen) atoms. The fourth-order valence-electron chi connectivity index (χ4n) is 2.02. The Hall–Kier alpha value is -2.16. The molecule has 2 rings (SSSR count). The maximum absolute atomic E-state index is 13.7. The molecule has 0 aliphatic heterocycles. The fourth-order valence-corrected chi connectivity index (χ4v) is 2.35. The van der Waals surface area contributed by atoms with Gasteiger partial charge in [0.1, 0.15) is 11.4 Å². The molecule has 0 saturated heterocycles. The van der Waals surface area contributed by atoms with Crippen molar-refractivity contribution in [2.24, 2.45) is 0 Å². The highest BCUT2D eigenvalue weighted by atomic mass is 79.9. The predicted octanol–water partition coefficient (Wildman–Crippen LogP) is 4.58. The van der Waals surface area contributed by atoms with Gasteiger partial charge in [0.25, 0.3) is 0 Å². The van der Waals surface area contributed by atoms with E-state index in [9.17, 15) is 22.4 Å². The number of nitrogens with one attached hydrogen (secondary N) is 1. The third-order valence-electron chi connectivity index (χ3n) is 3.09. The fraction of sp³-hybridized carbons (Fsp3) is 0.250. The first-order valence-corrected chi connectivity index (χ1v) is 7.93. The van der Waals surface area contributed by atoms with Gasteiger partial charge in [-0.15, -0.1) is 0 Å². The van der Waals surface area contributed by atoms with Crippen molar-refractivity contribution in [2.45, 2.75) is 19.5 Å². The van der Waals surface area contributed by atoms with E-state index in [1.807, 2.05) is 0 Å². The summed E-state index contributed by atoms with van der Waals surface area (Å²) in [6.07, 6.45) is -3.96. The number of nitrogens with zero attached hydrogens (tertiary/aromatic N) is 1. The molecule has 0 atom stereocenters. The van der Waals surface area contributed by atoms with E-state index in [2.05, 4.69) is 26.2 Å². The van der Waals surface area contributed by atoms with Gasteiger partial charge < -0.3 is 10.1 Å². The van der Waals surface area contributed by atoms with E-state index in [1.54, 1.807) is 6.07 Å². The van der Waals surface area contributed by atoms with E-state index in [1.165, 1.54) is 19.1 Å². The molecule has 1 N–H and O–H groups in total. The van der Waals surface area contributed by atoms with Gasteiger partial charge in [-0.2, -0.15) is 13.2 Å². The average molecular weight is 421 g/mol. The van der Waals surface area contributed by atoms with Gasteiger partial charge in [-0.1, -0.05) is 22.0 Å². The molecule has 0 saturated carbocycles. The van der Waals surface area contributed by atoms with Gasteiger partial charge in [-0.25, -0.2) is 9.37 Å². The van der Waals surface area contributed by atoms with Crippen LogP contribution in [0.2, 0.25) is 0 Å². The summed E-state index contributed by atoms with van der Waals surface area (Å²) in [4.78, 5) is 15.5. The van der Waals surface area contributed by atoms with E-state index < -0.39 is 29.3 Å². The summed E-state index contributed by atoms with van der Waals surface area (Å²) in [6.45, 7) is 1.55. The first-order valence-electron chi connectivity index (χ1n) is 7.14. The van der Waals surface area contributed by atoms with E-state index in [4.69, 9.17) is 4.74 Å². The Morgan fingerprint density at radius 3 is 2.64 bits per heavy atom. The maximum atomic E-state index is 13.7. The van der Waals surface area contributed by atoms with Crippen LogP contribution in [0.25, 0.3) is 0 Å². The summed E-state index contributed by atoms with van der Waals surface area (Å²) in [7, 11) is 0. The number of benzene rings is 1. The Labute approximate surface area is 149 Å². The molecule has 0 spiro atoms. The van der Waals surface area contributed by atoms with Crippen LogP contribution in [0.5, 0.6) is 5.88 Å². The van der Waals surface area contributed by atoms with Crippen LogP contribution in [0.4, 0.5) is 23.2 Å². The number of carbonyl (C=O) groups excluding carboxylic acids is 1. The Kier molecular flexibility index (Phi) is 5.99. The third kappa shape index (κ3) is 5.15. The standard InChI is InChI=1S/C16H13BrF4N2O2/c1-2-25-15-12(16(19,20)21)7-11(8-22-15)23-14(24)5-9-3-4-10(17)6-13(9)18/h3-4,6-8H,2,5H2,1H3,(H,23,24). The Morgan fingerprint density at radius 1 is 1.32 bits per heavy atom. The van der Waals surface area contributed by atoms with Gasteiger partial charge in [0.05, 0.1) is 24.9 Å². The number of aromatic nitrogens is 1. The lowest BCUT2D eigenvalue weighted by molar-refractivity contribution is -0.139. The number of carbonyl (C=O) groups is 1. The second-order valence-electron chi connectivity index (χ2n) is 4.97. The lowest BCUT2D eigenvalue weighted by Gasteiger charge is -2.14. The van der Waals surface area contributed by atoms with Crippen LogP contribution in [0.3, 0.4) is 0 Å². The van der Waals surface area contributed by atoms with E-state index in [0.29, 0.717) is 4.47 Å². The Morgan fingerprint density at radius 2 is 2.04 bits per heavy atom. The van der Waals surface area contributed by atoms with Crippen molar-refractivity contribution in [2.75, 3.05) is 11.9 Å². The van der Waals surface area contributed by atoms with Crippen LogP contribution in [0, 0.1) is 5.82 Å². The molecule has 0 unspecified atom stereocenters. The number of anilines is 1. The molecule has 1 heterocycles. The summed E-state index contributed by atoms with van der Waals surface area (Å²) in [5, 5.41) is 2.28. The Balaban J connectivity index is 2.17. The van der Waals surface area contributed by atoms with Gasteiger partial charge in [0.15, 0.2) is 0 Å².